The number of hydrogen-bond acceptors (Lipinski definition) is 5. The number of benzene rings is 1. The van der Waals surface area contributed by atoms with Crippen LogP contribution in [0.2, 0.25) is 0 Å². The average Bonchev–Trinajstić information content (AvgIpc) is 2.73. The van der Waals surface area contributed by atoms with E-state index in [1.807, 2.05) is 18.2 Å². The normalized spacial score (nSPS) is 26.4. The van der Waals surface area contributed by atoms with Crippen molar-refractivity contribution in [2.24, 2.45) is 10.7 Å². The molecule has 2 heterocycles. The molecular weight excluding hydrogens is 266 g/mol. The summed E-state index contributed by atoms with van der Waals surface area (Å²) < 4.78 is 11.4. The van der Waals surface area contributed by atoms with Gasteiger partial charge in [0.25, 0.3) is 0 Å². The highest BCUT2D eigenvalue weighted by atomic mass is 16.5. The predicted molar refractivity (Wildman–Crippen MR) is 82.5 cm³/mol. The molecule has 0 amide bonds. The van der Waals surface area contributed by atoms with Crippen LogP contribution in [-0.2, 0) is 10.3 Å². The van der Waals surface area contributed by atoms with E-state index in [-0.39, 0.29) is 11.1 Å². The van der Waals surface area contributed by atoms with Crippen LogP contribution >= 0.6 is 0 Å². The molecular formula is C16H23N3O2. The third-order valence-electron chi connectivity index (χ3n) is 4.31. The van der Waals surface area contributed by atoms with Gasteiger partial charge >= 0.3 is 0 Å². The van der Waals surface area contributed by atoms with Crippen LogP contribution in [0.25, 0.3) is 0 Å². The van der Waals surface area contributed by atoms with Gasteiger partial charge in [-0.3, -0.25) is 4.99 Å². The fourth-order valence-corrected chi connectivity index (χ4v) is 3.57. The molecule has 0 saturated heterocycles. The summed E-state index contributed by atoms with van der Waals surface area (Å²) in [5.41, 5.74) is 6.85. The number of hydrogen-bond donors (Lipinski definition) is 1. The van der Waals surface area contributed by atoms with Crippen molar-refractivity contribution in [2.75, 3.05) is 26.8 Å². The Balaban J connectivity index is 2.07. The first-order chi connectivity index (χ1) is 9.98. The first kappa shape index (κ1) is 14.2. The van der Waals surface area contributed by atoms with Crippen molar-refractivity contribution in [2.45, 2.75) is 31.4 Å². The molecule has 1 aromatic rings. The van der Waals surface area contributed by atoms with Gasteiger partial charge in [0.1, 0.15) is 11.4 Å². The zero-order valence-electron chi connectivity index (χ0n) is 12.9. The summed E-state index contributed by atoms with van der Waals surface area (Å²) in [6.07, 6.45) is 0.852. The van der Waals surface area contributed by atoms with Crippen molar-refractivity contribution >= 4 is 5.96 Å². The number of aliphatic imine (C=N–C) groups is 1. The van der Waals surface area contributed by atoms with E-state index in [0.29, 0.717) is 19.1 Å². The Morgan fingerprint density at radius 2 is 2.14 bits per heavy atom. The van der Waals surface area contributed by atoms with Gasteiger partial charge in [0.2, 0.25) is 0 Å². The van der Waals surface area contributed by atoms with Crippen molar-refractivity contribution in [3.05, 3.63) is 29.8 Å². The second-order valence-electron chi connectivity index (χ2n) is 6.39. The number of ether oxygens (including phenoxy) is 2. The Morgan fingerprint density at radius 3 is 2.90 bits per heavy atom. The highest BCUT2D eigenvalue weighted by Crippen LogP contribution is 2.48. The van der Waals surface area contributed by atoms with Crippen LogP contribution in [0.1, 0.15) is 25.8 Å². The third kappa shape index (κ3) is 2.25. The Labute approximate surface area is 125 Å². The van der Waals surface area contributed by atoms with Gasteiger partial charge in [-0.2, -0.15) is 0 Å². The summed E-state index contributed by atoms with van der Waals surface area (Å²) in [5, 5.41) is 0. The minimum Gasteiger partial charge on any atom is -0.487 e. The topological polar surface area (TPSA) is 60.1 Å². The molecule has 5 heteroatoms. The second kappa shape index (κ2) is 4.91. The minimum atomic E-state index is -0.250. The maximum Gasteiger partial charge on any atom is 0.192 e. The fourth-order valence-electron chi connectivity index (χ4n) is 3.57. The van der Waals surface area contributed by atoms with Crippen LogP contribution < -0.4 is 10.5 Å². The summed E-state index contributed by atoms with van der Waals surface area (Å²) in [5.74, 6) is 1.53. The van der Waals surface area contributed by atoms with E-state index in [4.69, 9.17) is 15.2 Å². The van der Waals surface area contributed by atoms with E-state index in [0.717, 1.165) is 18.7 Å². The first-order valence-electron chi connectivity index (χ1n) is 7.34. The molecule has 0 saturated carbocycles. The van der Waals surface area contributed by atoms with Crippen molar-refractivity contribution < 1.29 is 9.47 Å². The Bertz CT molecular complexity index is 570. The van der Waals surface area contributed by atoms with Crippen LogP contribution in [-0.4, -0.2) is 43.3 Å². The van der Waals surface area contributed by atoms with E-state index >= 15 is 0 Å². The lowest BCUT2D eigenvalue weighted by Crippen LogP contribution is -2.56. The van der Waals surface area contributed by atoms with Crippen molar-refractivity contribution in [1.82, 2.24) is 4.90 Å². The average molecular weight is 289 g/mol. The van der Waals surface area contributed by atoms with Crippen LogP contribution in [0.15, 0.2) is 29.3 Å². The zero-order valence-corrected chi connectivity index (χ0v) is 12.9. The highest BCUT2D eigenvalue weighted by Gasteiger charge is 2.51. The molecule has 1 spiro atoms. The third-order valence-corrected chi connectivity index (χ3v) is 4.31. The molecule has 2 aliphatic heterocycles. The maximum atomic E-state index is 6.15. The molecule has 21 heavy (non-hydrogen) atoms. The number of rotatable bonds is 3. The largest absolute Gasteiger partial charge is 0.487 e. The van der Waals surface area contributed by atoms with Crippen LogP contribution in [0.3, 0.4) is 0 Å². The Hall–Kier alpha value is -1.75. The van der Waals surface area contributed by atoms with Gasteiger partial charge < -0.3 is 20.1 Å². The molecule has 0 radical (unpaired) electrons. The predicted octanol–water partition coefficient (Wildman–Crippen LogP) is 1.72. The lowest BCUT2D eigenvalue weighted by atomic mass is 9.77. The zero-order chi connectivity index (χ0) is 15.1. The molecule has 3 rings (SSSR count). The monoisotopic (exact) mass is 289 g/mol. The van der Waals surface area contributed by atoms with Gasteiger partial charge in [0.05, 0.1) is 18.7 Å². The van der Waals surface area contributed by atoms with Crippen LogP contribution in [0.4, 0.5) is 0 Å². The van der Waals surface area contributed by atoms with E-state index < -0.39 is 0 Å². The quantitative estimate of drug-likeness (QED) is 0.920. The number of para-hydroxylation sites is 1. The standard InChI is InChI=1S/C16H23N3O2/c1-15(2)10-16(12-6-4-5-7-13(12)21-15)11-18-14(17)19(16)8-9-20-3/h4-7H,8-11H2,1-3H3,(H2,17,18). The molecule has 1 aromatic carbocycles. The van der Waals surface area contributed by atoms with E-state index in [2.05, 4.69) is 29.8 Å². The van der Waals surface area contributed by atoms with Gasteiger partial charge in [-0.15, -0.1) is 0 Å². The molecule has 0 aliphatic carbocycles. The smallest absolute Gasteiger partial charge is 0.192 e. The van der Waals surface area contributed by atoms with E-state index in [1.165, 1.54) is 5.56 Å². The number of guanidine groups is 1. The fraction of sp³-hybridized carbons (Fsp3) is 0.562. The van der Waals surface area contributed by atoms with Crippen LogP contribution in [0, 0.1) is 0 Å². The summed E-state index contributed by atoms with van der Waals surface area (Å²) in [4.78, 5) is 6.70. The molecule has 0 aromatic heterocycles. The molecule has 1 unspecified atom stereocenters. The molecule has 2 aliphatic rings. The van der Waals surface area contributed by atoms with Gasteiger partial charge in [-0.25, -0.2) is 0 Å². The summed E-state index contributed by atoms with van der Waals surface area (Å²) in [7, 11) is 1.71. The molecule has 114 valence electrons. The first-order valence-corrected chi connectivity index (χ1v) is 7.34. The summed E-state index contributed by atoms with van der Waals surface area (Å²) >= 11 is 0. The number of nitrogens with zero attached hydrogens (tertiary/aromatic N) is 2. The maximum absolute atomic E-state index is 6.15. The number of methoxy groups -OCH3 is 1. The van der Waals surface area contributed by atoms with Gasteiger partial charge in [0, 0.05) is 25.6 Å². The molecule has 5 nitrogen and oxygen atoms in total. The molecule has 2 N–H and O–H groups in total. The van der Waals surface area contributed by atoms with E-state index in [9.17, 15) is 0 Å². The summed E-state index contributed by atoms with van der Waals surface area (Å²) in [6.45, 7) is 6.27. The number of nitrogens with two attached hydrogens (primary N) is 1. The van der Waals surface area contributed by atoms with E-state index in [1.54, 1.807) is 7.11 Å². The van der Waals surface area contributed by atoms with Crippen molar-refractivity contribution in [1.29, 1.82) is 0 Å². The lowest BCUT2D eigenvalue weighted by molar-refractivity contribution is 0.00258. The second-order valence-corrected chi connectivity index (χ2v) is 6.39. The highest BCUT2D eigenvalue weighted by molar-refractivity contribution is 5.81. The van der Waals surface area contributed by atoms with Gasteiger partial charge in [0.15, 0.2) is 5.96 Å². The summed E-state index contributed by atoms with van der Waals surface area (Å²) in [6, 6.07) is 8.21. The molecule has 0 fully saturated rings. The Kier molecular flexibility index (Phi) is 3.32. The van der Waals surface area contributed by atoms with Crippen LogP contribution in [0.5, 0.6) is 5.75 Å². The van der Waals surface area contributed by atoms with Gasteiger partial charge in [-0.05, 0) is 19.9 Å². The Morgan fingerprint density at radius 1 is 1.38 bits per heavy atom. The van der Waals surface area contributed by atoms with Gasteiger partial charge in [-0.1, -0.05) is 18.2 Å². The molecule has 1 atom stereocenters. The number of fused-ring (bicyclic) bond motifs is 2. The SMILES string of the molecule is COCCN1C(N)=NCC12CC(C)(C)Oc1ccccc12. The van der Waals surface area contributed by atoms with Crippen molar-refractivity contribution in [3.8, 4) is 5.75 Å². The lowest BCUT2D eigenvalue weighted by Gasteiger charge is -2.48. The van der Waals surface area contributed by atoms with Crippen molar-refractivity contribution in [3.63, 3.8) is 0 Å². The molecule has 0 bridgehead atoms. The minimum absolute atomic E-state index is 0.221.